The number of pyridine rings is 1. The van der Waals surface area contributed by atoms with Gasteiger partial charge in [-0.3, -0.25) is 0 Å². The Hall–Kier alpha value is -1.43. The Bertz CT molecular complexity index is 772. The monoisotopic (exact) mass is 362 g/mol. The molecule has 108 valence electrons. The third kappa shape index (κ3) is 3.10. The Morgan fingerprint density at radius 2 is 2.10 bits per heavy atom. The molecule has 3 aromatic rings. The van der Waals surface area contributed by atoms with Crippen molar-refractivity contribution in [2.24, 2.45) is 0 Å². The molecule has 1 aromatic carbocycles. The summed E-state index contributed by atoms with van der Waals surface area (Å²) >= 11 is 5.19. The predicted molar refractivity (Wildman–Crippen MR) is 91.8 cm³/mol. The average molecular weight is 363 g/mol. The normalized spacial score (nSPS) is 11.0. The quantitative estimate of drug-likeness (QED) is 0.755. The zero-order valence-electron chi connectivity index (χ0n) is 11.6. The molecule has 0 bridgehead atoms. The second-order valence-corrected chi connectivity index (χ2v) is 6.82. The minimum absolute atomic E-state index is 0.00829. The topological polar surface area (TPSA) is 36.4 Å². The van der Waals surface area contributed by atoms with Crippen molar-refractivity contribution in [2.45, 2.75) is 13.2 Å². The number of thiophene rings is 1. The van der Waals surface area contributed by atoms with E-state index in [1.807, 2.05) is 37.4 Å². The lowest BCUT2D eigenvalue weighted by atomic mass is 10.1. The predicted octanol–water partition coefficient (Wildman–Crippen LogP) is 4.19. The number of benzene rings is 1. The summed E-state index contributed by atoms with van der Waals surface area (Å²) in [5.41, 5.74) is 1.80. The van der Waals surface area contributed by atoms with Crippen LogP contribution in [0.25, 0.3) is 10.9 Å². The first-order valence-electron chi connectivity index (χ1n) is 6.61. The highest BCUT2D eigenvalue weighted by atomic mass is 79.9. The minimum Gasteiger partial charge on any atom is -0.392 e. The molecular formula is C16H15BrN2OS. The lowest BCUT2D eigenvalue weighted by molar-refractivity contribution is 0.282. The van der Waals surface area contributed by atoms with E-state index >= 15 is 0 Å². The molecule has 0 unspecified atom stereocenters. The van der Waals surface area contributed by atoms with Crippen LogP contribution >= 0.6 is 27.3 Å². The van der Waals surface area contributed by atoms with E-state index < -0.39 is 0 Å². The molecule has 0 amide bonds. The van der Waals surface area contributed by atoms with Crippen LogP contribution in [-0.4, -0.2) is 17.1 Å². The highest BCUT2D eigenvalue weighted by Gasteiger charge is 2.12. The molecule has 3 nitrogen and oxygen atoms in total. The van der Waals surface area contributed by atoms with Crippen molar-refractivity contribution in [2.75, 3.05) is 11.9 Å². The van der Waals surface area contributed by atoms with Crippen molar-refractivity contribution in [3.63, 3.8) is 0 Å². The molecule has 0 saturated heterocycles. The molecule has 0 atom stereocenters. The van der Waals surface area contributed by atoms with Gasteiger partial charge in [-0.2, -0.15) is 0 Å². The Kier molecular flexibility index (Phi) is 4.24. The van der Waals surface area contributed by atoms with E-state index in [-0.39, 0.29) is 6.61 Å². The number of aliphatic hydroxyl groups excluding tert-OH is 1. The standard InChI is InChI=1S/C16H15BrN2OS/c1-19(8-14-7-13(17)10-21-14)16-12(9-20)6-11-4-2-3-5-15(11)18-16/h2-7,10,20H,8-9H2,1H3. The van der Waals surface area contributed by atoms with E-state index in [0.717, 1.165) is 33.3 Å². The Balaban J connectivity index is 1.97. The molecule has 0 aliphatic rings. The fourth-order valence-electron chi connectivity index (χ4n) is 2.34. The number of hydrogen-bond acceptors (Lipinski definition) is 4. The van der Waals surface area contributed by atoms with Gasteiger partial charge >= 0.3 is 0 Å². The van der Waals surface area contributed by atoms with Crippen LogP contribution in [0.2, 0.25) is 0 Å². The molecule has 5 heteroatoms. The van der Waals surface area contributed by atoms with Crippen molar-refractivity contribution < 1.29 is 5.11 Å². The summed E-state index contributed by atoms with van der Waals surface area (Å²) in [6, 6.07) is 12.1. The zero-order chi connectivity index (χ0) is 14.8. The van der Waals surface area contributed by atoms with E-state index in [1.165, 1.54) is 4.88 Å². The summed E-state index contributed by atoms with van der Waals surface area (Å²) in [4.78, 5) is 8.04. The van der Waals surface area contributed by atoms with Crippen molar-refractivity contribution in [3.8, 4) is 0 Å². The first kappa shape index (κ1) is 14.5. The van der Waals surface area contributed by atoms with Crippen LogP contribution in [0.15, 0.2) is 46.3 Å². The first-order chi connectivity index (χ1) is 10.2. The number of rotatable bonds is 4. The zero-order valence-corrected chi connectivity index (χ0v) is 14.0. The van der Waals surface area contributed by atoms with Crippen LogP contribution in [-0.2, 0) is 13.2 Å². The number of nitrogens with zero attached hydrogens (tertiary/aromatic N) is 2. The number of halogens is 1. The molecule has 0 fully saturated rings. The van der Waals surface area contributed by atoms with Gasteiger partial charge in [0.25, 0.3) is 0 Å². The van der Waals surface area contributed by atoms with Gasteiger partial charge in [0.2, 0.25) is 0 Å². The lowest BCUT2D eigenvalue weighted by Crippen LogP contribution is -2.19. The second-order valence-electron chi connectivity index (χ2n) is 4.91. The fraction of sp³-hybridized carbons (Fsp3) is 0.188. The number of anilines is 1. The van der Waals surface area contributed by atoms with Gasteiger partial charge in [0.1, 0.15) is 5.82 Å². The van der Waals surface area contributed by atoms with E-state index in [4.69, 9.17) is 4.98 Å². The highest BCUT2D eigenvalue weighted by Crippen LogP contribution is 2.26. The molecule has 3 rings (SSSR count). The average Bonchev–Trinajstić information content (AvgIpc) is 2.90. The van der Waals surface area contributed by atoms with Crippen LogP contribution in [0.5, 0.6) is 0 Å². The van der Waals surface area contributed by atoms with Gasteiger partial charge in [0, 0.05) is 32.7 Å². The van der Waals surface area contributed by atoms with Crippen molar-refractivity contribution >= 4 is 44.0 Å². The smallest absolute Gasteiger partial charge is 0.134 e. The summed E-state index contributed by atoms with van der Waals surface area (Å²) in [7, 11) is 2.00. The van der Waals surface area contributed by atoms with Gasteiger partial charge in [-0.1, -0.05) is 18.2 Å². The SMILES string of the molecule is CN(Cc1cc(Br)cs1)c1nc2ccccc2cc1CO. The van der Waals surface area contributed by atoms with Crippen LogP contribution in [0.3, 0.4) is 0 Å². The lowest BCUT2D eigenvalue weighted by Gasteiger charge is -2.20. The first-order valence-corrected chi connectivity index (χ1v) is 8.28. The molecule has 21 heavy (non-hydrogen) atoms. The molecule has 0 aliphatic carbocycles. The van der Waals surface area contributed by atoms with Crippen molar-refractivity contribution in [1.29, 1.82) is 0 Å². The summed E-state index contributed by atoms with van der Waals surface area (Å²) in [6.45, 7) is 0.764. The highest BCUT2D eigenvalue weighted by molar-refractivity contribution is 9.10. The number of aliphatic hydroxyl groups is 1. The molecule has 0 aliphatic heterocycles. The van der Waals surface area contributed by atoms with Gasteiger partial charge in [0.05, 0.1) is 18.7 Å². The molecule has 2 heterocycles. The van der Waals surface area contributed by atoms with Crippen molar-refractivity contribution in [1.82, 2.24) is 4.98 Å². The van der Waals surface area contributed by atoms with Gasteiger partial charge in [-0.05, 0) is 34.1 Å². The minimum atomic E-state index is -0.00829. The second kappa shape index (κ2) is 6.13. The number of hydrogen-bond donors (Lipinski definition) is 1. The van der Waals surface area contributed by atoms with Crippen LogP contribution < -0.4 is 4.90 Å². The molecule has 1 N–H and O–H groups in total. The molecule has 0 spiro atoms. The molecule has 0 saturated carbocycles. The molecule has 0 radical (unpaired) electrons. The number of aromatic nitrogens is 1. The maximum Gasteiger partial charge on any atom is 0.134 e. The Labute approximate surface area is 136 Å². The summed E-state index contributed by atoms with van der Waals surface area (Å²) in [5.74, 6) is 0.834. The number of fused-ring (bicyclic) bond motifs is 1. The van der Waals surface area contributed by atoms with Crippen LogP contribution in [0.4, 0.5) is 5.82 Å². The van der Waals surface area contributed by atoms with Crippen LogP contribution in [0, 0.1) is 0 Å². The maximum atomic E-state index is 9.63. The molecular weight excluding hydrogens is 348 g/mol. The van der Waals surface area contributed by atoms with E-state index in [0.29, 0.717) is 0 Å². The third-order valence-corrected chi connectivity index (χ3v) is 5.01. The summed E-state index contributed by atoms with van der Waals surface area (Å²) in [6.07, 6.45) is 0. The van der Waals surface area contributed by atoms with E-state index in [2.05, 4.69) is 32.3 Å². The van der Waals surface area contributed by atoms with E-state index in [1.54, 1.807) is 11.3 Å². The largest absolute Gasteiger partial charge is 0.392 e. The van der Waals surface area contributed by atoms with Gasteiger partial charge in [0.15, 0.2) is 0 Å². The Morgan fingerprint density at radius 1 is 1.29 bits per heavy atom. The van der Waals surface area contributed by atoms with Gasteiger partial charge in [-0.25, -0.2) is 4.98 Å². The van der Waals surface area contributed by atoms with E-state index in [9.17, 15) is 5.11 Å². The summed E-state index contributed by atoms with van der Waals surface area (Å²) < 4.78 is 1.10. The maximum absolute atomic E-state index is 9.63. The Morgan fingerprint density at radius 3 is 2.81 bits per heavy atom. The third-order valence-electron chi connectivity index (χ3n) is 3.33. The van der Waals surface area contributed by atoms with Gasteiger partial charge < -0.3 is 10.0 Å². The van der Waals surface area contributed by atoms with Crippen LogP contribution in [0.1, 0.15) is 10.4 Å². The summed E-state index contributed by atoms with van der Waals surface area (Å²) in [5, 5.41) is 12.8. The number of para-hydroxylation sites is 1. The van der Waals surface area contributed by atoms with Crippen molar-refractivity contribution in [3.05, 3.63) is 56.7 Å². The molecule has 2 aromatic heterocycles. The van der Waals surface area contributed by atoms with Gasteiger partial charge in [-0.15, -0.1) is 11.3 Å². The fourth-order valence-corrected chi connectivity index (χ4v) is 3.85.